The summed E-state index contributed by atoms with van der Waals surface area (Å²) in [6.45, 7) is 0.0169. The van der Waals surface area contributed by atoms with Gasteiger partial charge < -0.3 is 22.5 Å². The van der Waals surface area contributed by atoms with Gasteiger partial charge in [-0.1, -0.05) is 0 Å². The number of nitrogens with one attached hydrogen (secondary N) is 1. The summed E-state index contributed by atoms with van der Waals surface area (Å²) >= 11 is 0. The fourth-order valence-electron chi connectivity index (χ4n) is 1.30. The zero-order valence-electron chi connectivity index (χ0n) is 9.98. The van der Waals surface area contributed by atoms with E-state index in [-0.39, 0.29) is 43.9 Å². The Bertz CT molecular complexity index is 343. The van der Waals surface area contributed by atoms with Gasteiger partial charge in [0.1, 0.15) is 5.78 Å². The predicted molar refractivity (Wildman–Crippen MR) is 63.1 cm³/mol. The van der Waals surface area contributed by atoms with E-state index in [9.17, 15) is 19.2 Å². The lowest BCUT2D eigenvalue weighted by atomic mass is 10.1. The maximum Gasteiger partial charge on any atom is 0.224 e. The van der Waals surface area contributed by atoms with Gasteiger partial charge in [0.2, 0.25) is 11.8 Å². The van der Waals surface area contributed by atoms with Crippen LogP contribution in [0, 0.1) is 0 Å². The molecule has 0 rings (SSSR count). The number of carbonyl (C=O) groups excluding carboxylic acids is 4. The summed E-state index contributed by atoms with van der Waals surface area (Å²) in [5, 5.41) is 2.72. The standard InChI is InChI=1S/C10H18N4O4/c11-4-6(1-7(15)2-9(12)17)14-5-8(16)3-10(13)18/h6,14H,1-5,11H2,(H2,12,17)(H2,13,18). The number of hydrogen-bond donors (Lipinski definition) is 4. The molecule has 8 nitrogen and oxygen atoms in total. The zero-order chi connectivity index (χ0) is 14.1. The van der Waals surface area contributed by atoms with Crippen LogP contribution in [0.3, 0.4) is 0 Å². The molecule has 0 aromatic heterocycles. The summed E-state index contributed by atoms with van der Waals surface area (Å²) < 4.78 is 0. The molecule has 0 aliphatic carbocycles. The van der Waals surface area contributed by atoms with Crippen molar-refractivity contribution in [2.24, 2.45) is 17.2 Å². The molecule has 2 amide bonds. The monoisotopic (exact) mass is 258 g/mol. The first-order valence-electron chi connectivity index (χ1n) is 5.38. The largest absolute Gasteiger partial charge is 0.369 e. The van der Waals surface area contributed by atoms with Gasteiger partial charge in [-0.2, -0.15) is 0 Å². The topological polar surface area (TPSA) is 158 Å². The molecule has 8 heteroatoms. The Labute approximate surface area is 104 Å². The minimum atomic E-state index is -0.712. The van der Waals surface area contributed by atoms with Crippen molar-refractivity contribution in [3.8, 4) is 0 Å². The number of amides is 2. The second-order valence-corrected chi connectivity index (χ2v) is 3.88. The second-order valence-electron chi connectivity index (χ2n) is 3.88. The maximum atomic E-state index is 11.3. The fourth-order valence-corrected chi connectivity index (χ4v) is 1.30. The van der Waals surface area contributed by atoms with Crippen molar-refractivity contribution < 1.29 is 19.2 Å². The van der Waals surface area contributed by atoms with Gasteiger partial charge in [0, 0.05) is 19.0 Å². The quantitative estimate of drug-likeness (QED) is 0.309. The van der Waals surface area contributed by atoms with E-state index < -0.39 is 17.9 Å². The Morgan fingerprint density at radius 1 is 0.944 bits per heavy atom. The van der Waals surface area contributed by atoms with Crippen LogP contribution < -0.4 is 22.5 Å². The molecule has 0 saturated carbocycles. The highest BCUT2D eigenvalue weighted by Crippen LogP contribution is 1.96. The van der Waals surface area contributed by atoms with Gasteiger partial charge in [0.15, 0.2) is 5.78 Å². The lowest BCUT2D eigenvalue weighted by molar-refractivity contribution is -0.128. The number of ketones is 2. The van der Waals surface area contributed by atoms with Crippen LogP contribution >= 0.6 is 0 Å². The molecule has 102 valence electrons. The minimum absolute atomic E-state index is 0.00327. The Kier molecular flexibility index (Phi) is 7.48. The van der Waals surface area contributed by atoms with E-state index in [4.69, 9.17) is 17.2 Å². The Balaban J connectivity index is 4.04. The zero-order valence-corrected chi connectivity index (χ0v) is 9.98. The highest BCUT2D eigenvalue weighted by Gasteiger charge is 2.15. The van der Waals surface area contributed by atoms with Crippen LogP contribution in [0.2, 0.25) is 0 Å². The van der Waals surface area contributed by atoms with E-state index in [0.717, 1.165) is 0 Å². The van der Waals surface area contributed by atoms with E-state index in [2.05, 4.69) is 5.32 Å². The van der Waals surface area contributed by atoms with Gasteiger partial charge in [0.25, 0.3) is 0 Å². The van der Waals surface area contributed by atoms with Gasteiger partial charge in [-0.3, -0.25) is 19.2 Å². The number of rotatable bonds is 10. The number of carbonyl (C=O) groups is 4. The van der Waals surface area contributed by atoms with Crippen molar-refractivity contribution in [3.63, 3.8) is 0 Å². The average Bonchev–Trinajstić information content (AvgIpc) is 2.21. The van der Waals surface area contributed by atoms with Crippen LogP contribution in [0.4, 0.5) is 0 Å². The van der Waals surface area contributed by atoms with Gasteiger partial charge in [0.05, 0.1) is 19.4 Å². The molecule has 7 N–H and O–H groups in total. The van der Waals surface area contributed by atoms with Crippen LogP contribution in [-0.4, -0.2) is 42.5 Å². The van der Waals surface area contributed by atoms with Crippen LogP contribution in [-0.2, 0) is 19.2 Å². The van der Waals surface area contributed by atoms with E-state index in [1.54, 1.807) is 0 Å². The Hall–Kier alpha value is -1.80. The molecule has 0 heterocycles. The van der Waals surface area contributed by atoms with Crippen LogP contribution in [0.1, 0.15) is 19.3 Å². The number of Topliss-reactive ketones (excluding diaryl/α,β-unsaturated/α-hetero) is 2. The summed E-state index contributed by atoms with van der Waals surface area (Å²) in [5.74, 6) is -2.16. The third kappa shape index (κ3) is 8.36. The molecular formula is C10H18N4O4. The summed E-state index contributed by atoms with van der Waals surface area (Å²) in [6.07, 6.45) is -0.712. The highest BCUT2D eigenvalue weighted by molar-refractivity contribution is 5.98. The minimum Gasteiger partial charge on any atom is -0.369 e. The Morgan fingerprint density at radius 3 is 1.89 bits per heavy atom. The first-order chi connectivity index (χ1) is 8.35. The van der Waals surface area contributed by atoms with Crippen molar-refractivity contribution >= 4 is 23.4 Å². The van der Waals surface area contributed by atoms with E-state index in [1.165, 1.54) is 0 Å². The SMILES string of the molecule is NCC(CC(=O)CC(N)=O)NCC(=O)CC(N)=O. The number of hydrogen-bond acceptors (Lipinski definition) is 6. The van der Waals surface area contributed by atoms with Crippen molar-refractivity contribution in [1.82, 2.24) is 5.32 Å². The molecule has 0 spiro atoms. The van der Waals surface area contributed by atoms with E-state index in [0.29, 0.717) is 0 Å². The van der Waals surface area contributed by atoms with Crippen molar-refractivity contribution in [1.29, 1.82) is 0 Å². The van der Waals surface area contributed by atoms with Gasteiger partial charge in [-0.05, 0) is 0 Å². The molecule has 0 aromatic rings. The first kappa shape index (κ1) is 16.2. The summed E-state index contributed by atoms with van der Waals surface area (Å²) in [4.78, 5) is 43.4. The molecule has 18 heavy (non-hydrogen) atoms. The van der Waals surface area contributed by atoms with Crippen LogP contribution in [0.15, 0.2) is 0 Å². The van der Waals surface area contributed by atoms with Crippen molar-refractivity contribution in [2.45, 2.75) is 25.3 Å². The summed E-state index contributed by atoms with van der Waals surface area (Å²) in [7, 11) is 0. The number of primary amides is 2. The smallest absolute Gasteiger partial charge is 0.224 e. The lowest BCUT2D eigenvalue weighted by Crippen LogP contribution is -2.41. The summed E-state index contributed by atoms with van der Waals surface area (Å²) in [6, 6.07) is -0.436. The molecular weight excluding hydrogens is 240 g/mol. The van der Waals surface area contributed by atoms with Gasteiger partial charge >= 0.3 is 0 Å². The average molecular weight is 258 g/mol. The number of nitrogens with two attached hydrogens (primary N) is 3. The summed E-state index contributed by atoms with van der Waals surface area (Å²) in [5.41, 5.74) is 15.1. The third-order valence-electron chi connectivity index (χ3n) is 2.09. The van der Waals surface area contributed by atoms with Crippen LogP contribution in [0.5, 0.6) is 0 Å². The molecule has 0 aromatic carbocycles. The first-order valence-corrected chi connectivity index (χ1v) is 5.38. The molecule has 0 aliphatic rings. The maximum absolute atomic E-state index is 11.3. The van der Waals surface area contributed by atoms with Crippen LogP contribution in [0.25, 0.3) is 0 Å². The molecule has 1 unspecified atom stereocenters. The second kappa shape index (κ2) is 8.31. The third-order valence-corrected chi connectivity index (χ3v) is 2.09. The molecule has 1 atom stereocenters. The van der Waals surface area contributed by atoms with Gasteiger partial charge in [-0.25, -0.2) is 0 Å². The molecule has 0 saturated heterocycles. The lowest BCUT2D eigenvalue weighted by Gasteiger charge is -2.14. The molecule has 0 bridgehead atoms. The van der Waals surface area contributed by atoms with Crippen molar-refractivity contribution in [2.75, 3.05) is 13.1 Å². The van der Waals surface area contributed by atoms with Crippen molar-refractivity contribution in [3.05, 3.63) is 0 Å². The van der Waals surface area contributed by atoms with E-state index >= 15 is 0 Å². The van der Waals surface area contributed by atoms with E-state index in [1.807, 2.05) is 0 Å². The predicted octanol–water partition coefficient (Wildman–Crippen LogP) is -2.82. The highest BCUT2D eigenvalue weighted by atomic mass is 16.2. The van der Waals surface area contributed by atoms with Gasteiger partial charge in [-0.15, -0.1) is 0 Å². The normalized spacial score (nSPS) is 11.8. The Morgan fingerprint density at radius 2 is 1.44 bits per heavy atom. The molecule has 0 aliphatic heterocycles. The fraction of sp³-hybridized carbons (Fsp3) is 0.600. The molecule has 0 fully saturated rings. The molecule has 0 radical (unpaired) electrons.